The second kappa shape index (κ2) is 10.1. The minimum atomic E-state index is -1.20. The zero-order valence-electron chi connectivity index (χ0n) is 17.6. The molecule has 0 radical (unpaired) electrons. The lowest BCUT2D eigenvalue weighted by Crippen LogP contribution is -2.30. The number of nitrogens with zero attached hydrogens (tertiary/aromatic N) is 1. The largest absolute Gasteiger partial charge is 0.494 e. The monoisotopic (exact) mass is 434 g/mol. The Hall–Kier alpha value is -4.02. The fourth-order valence-corrected chi connectivity index (χ4v) is 2.67. The molecule has 2 aromatic carbocycles. The average Bonchev–Trinajstić information content (AvgIpc) is 2.77. The Morgan fingerprint density at radius 2 is 1.58 bits per heavy atom. The van der Waals surface area contributed by atoms with Gasteiger partial charge in [-0.3, -0.25) is 14.9 Å². The fraction of sp³-hybridized carbons (Fsp3) is 0.300. The predicted octanol–water partition coefficient (Wildman–Crippen LogP) is 2.81. The van der Waals surface area contributed by atoms with E-state index >= 15 is 0 Å². The number of methoxy groups -OCH3 is 4. The summed E-state index contributed by atoms with van der Waals surface area (Å²) in [6.45, 7) is 1.37. The number of non-ortho nitro benzene ring substituents is 1. The second-order valence-corrected chi connectivity index (χ2v) is 6.06. The van der Waals surface area contributed by atoms with Crippen LogP contribution in [-0.4, -0.2) is 51.3 Å². The molecule has 2 aromatic rings. The van der Waals surface area contributed by atoms with Crippen molar-refractivity contribution >= 4 is 23.3 Å². The van der Waals surface area contributed by atoms with Crippen molar-refractivity contribution in [3.63, 3.8) is 0 Å². The van der Waals surface area contributed by atoms with Gasteiger partial charge in [0.25, 0.3) is 11.6 Å². The van der Waals surface area contributed by atoms with E-state index in [9.17, 15) is 19.7 Å². The Labute approximate surface area is 178 Å². The molecule has 0 heterocycles. The number of carbonyl (C=O) groups excluding carboxylic acids is 2. The molecule has 0 aliphatic rings. The number of nitro groups is 1. The van der Waals surface area contributed by atoms with Gasteiger partial charge in [-0.05, 0) is 25.1 Å². The number of nitro benzene ring substituents is 1. The lowest BCUT2D eigenvalue weighted by molar-refractivity contribution is -0.384. The molecule has 1 N–H and O–H groups in total. The van der Waals surface area contributed by atoms with Gasteiger partial charge in [0.2, 0.25) is 5.75 Å². The third-order valence-corrected chi connectivity index (χ3v) is 4.23. The highest BCUT2D eigenvalue weighted by Crippen LogP contribution is 2.40. The summed E-state index contributed by atoms with van der Waals surface area (Å²) in [6, 6.07) is 6.63. The lowest BCUT2D eigenvalue weighted by Gasteiger charge is -2.18. The number of hydrogen-bond acceptors (Lipinski definition) is 9. The number of benzene rings is 2. The Balaban J connectivity index is 2.18. The normalized spacial score (nSPS) is 11.1. The molecule has 11 nitrogen and oxygen atoms in total. The first-order chi connectivity index (χ1) is 14.8. The Bertz CT molecular complexity index is 991. The maximum Gasteiger partial charge on any atom is 0.342 e. The first kappa shape index (κ1) is 23.3. The van der Waals surface area contributed by atoms with E-state index < -0.39 is 22.9 Å². The molecule has 0 fully saturated rings. The summed E-state index contributed by atoms with van der Waals surface area (Å²) < 4.78 is 26.0. The summed E-state index contributed by atoms with van der Waals surface area (Å²) in [4.78, 5) is 35.4. The SMILES string of the molecule is COc1cc([N+](=O)[O-])ccc1NC(=O)C(C)OC(=O)c1ccc(OC)c(OC)c1OC. The summed E-state index contributed by atoms with van der Waals surface area (Å²) in [5, 5.41) is 13.4. The van der Waals surface area contributed by atoms with Crippen LogP contribution in [0.3, 0.4) is 0 Å². The zero-order chi connectivity index (χ0) is 23.1. The third-order valence-electron chi connectivity index (χ3n) is 4.23. The fourth-order valence-electron chi connectivity index (χ4n) is 2.67. The van der Waals surface area contributed by atoms with E-state index in [-0.39, 0.29) is 34.2 Å². The van der Waals surface area contributed by atoms with Gasteiger partial charge < -0.3 is 29.0 Å². The van der Waals surface area contributed by atoms with Crippen molar-refractivity contribution in [2.75, 3.05) is 33.8 Å². The van der Waals surface area contributed by atoms with E-state index in [1.807, 2.05) is 0 Å². The molecule has 1 amide bonds. The van der Waals surface area contributed by atoms with E-state index in [0.29, 0.717) is 5.75 Å². The molecular weight excluding hydrogens is 412 g/mol. The molecule has 166 valence electrons. The lowest BCUT2D eigenvalue weighted by atomic mass is 10.1. The van der Waals surface area contributed by atoms with E-state index in [4.69, 9.17) is 23.7 Å². The molecule has 1 atom stereocenters. The molecule has 0 aromatic heterocycles. The maximum absolute atomic E-state index is 12.6. The van der Waals surface area contributed by atoms with Crippen LogP contribution in [0.4, 0.5) is 11.4 Å². The standard InChI is InChI=1S/C20H22N2O9/c1-11(19(23)21-14-8-6-12(22(25)26)10-16(14)28-3)31-20(24)13-7-9-15(27-2)18(30-5)17(13)29-4/h6-11H,1-5H3,(H,21,23). The van der Waals surface area contributed by atoms with E-state index in [2.05, 4.69) is 5.32 Å². The minimum Gasteiger partial charge on any atom is -0.494 e. The highest BCUT2D eigenvalue weighted by atomic mass is 16.6. The highest BCUT2D eigenvalue weighted by Gasteiger charge is 2.26. The first-order valence-corrected chi connectivity index (χ1v) is 8.90. The second-order valence-electron chi connectivity index (χ2n) is 6.06. The maximum atomic E-state index is 12.6. The molecule has 1 unspecified atom stereocenters. The average molecular weight is 434 g/mol. The van der Waals surface area contributed by atoms with Crippen molar-refractivity contribution in [2.45, 2.75) is 13.0 Å². The van der Waals surface area contributed by atoms with Crippen LogP contribution in [0, 0.1) is 10.1 Å². The smallest absolute Gasteiger partial charge is 0.342 e. The first-order valence-electron chi connectivity index (χ1n) is 8.90. The minimum absolute atomic E-state index is 0.0349. The topological polar surface area (TPSA) is 135 Å². The Kier molecular flexibility index (Phi) is 7.61. The molecule has 0 aliphatic heterocycles. The van der Waals surface area contributed by atoms with E-state index in [1.165, 1.54) is 65.7 Å². The molecule has 0 bridgehead atoms. The summed E-state index contributed by atoms with van der Waals surface area (Å²) in [5.41, 5.74) is 0.0206. The van der Waals surface area contributed by atoms with Gasteiger partial charge in [0.15, 0.2) is 17.6 Å². The van der Waals surface area contributed by atoms with Crippen LogP contribution in [0.1, 0.15) is 17.3 Å². The number of anilines is 1. The third kappa shape index (κ3) is 5.13. The van der Waals surface area contributed by atoms with Crippen molar-refractivity contribution in [3.05, 3.63) is 46.0 Å². The number of nitrogens with one attached hydrogen (secondary N) is 1. The van der Waals surface area contributed by atoms with E-state index in [1.54, 1.807) is 0 Å². The number of esters is 1. The Morgan fingerprint density at radius 1 is 0.935 bits per heavy atom. The van der Waals surface area contributed by atoms with Crippen LogP contribution < -0.4 is 24.3 Å². The van der Waals surface area contributed by atoms with Crippen LogP contribution in [0.2, 0.25) is 0 Å². The van der Waals surface area contributed by atoms with Crippen molar-refractivity contribution in [3.8, 4) is 23.0 Å². The van der Waals surface area contributed by atoms with Gasteiger partial charge in [-0.2, -0.15) is 0 Å². The van der Waals surface area contributed by atoms with Crippen LogP contribution in [-0.2, 0) is 9.53 Å². The van der Waals surface area contributed by atoms with Gasteiger partial charge in [0, 0.05) is 6.07 Å². The number of carbonyl (C=O) groups is 2. The van der Waals surface area contributed by atoms with Gasteiger partial charge in [-0.1, -0.05) is 0 Å². The van der Waals surface area contributed by atoms with Crippen LogP contribution >= 0.6 is 0 Å². The van der Waals surface area contributed by atoms with E-state index in [0.717, 1.165) is 0 Å². The number of ether oxygens (including phenoxy) is 5. The number of hydrogen-bond donors (Lipinski definition) is 1. The Morgan fingerprint density at radius 3 is 2.13 bits per heavy atom. The van der Waals surface area contributed by atoms with Crippen LogP contribution in [0.5, 0.6) is 23.0 Å². The van der Waals surface area contributed by atoms with Crippen molar-refractivity contribution in [1.82, 2.24) is 0 Å². The van der Waals surface area contributed by atoms with Gasteiger partial charge >= 0.3 is 5.97 Å². The van der Waals surface area contributed by atoms with Crippen molar-refractivity contribution < 1.29 is 38.2 Å². The number of amides is 1. The summed E-state index contributed by atoms with van der Waals surface area (Å²) >= 11 is 0. The van der Waals surface area contributed by atoms with Crippen molar-refractivity contribution in [2.24, 2.45) is 0 Å². The van der Waals surface area contributed by atoms with Crippen LogP contribution in [0.15, 0.2) is 30.3 Å². The molecule has 2 rings (SSSR count). The van der Waals surface area contributed by atoms with Gasteiger partial charge in [-0.25, -0.2) is 4.79 Å². The number of rotatable bonds is 9. The highest BCUT2D eigenvalue weighted by molar-refractivity contribution is 5.99. The molecular formula is C20H22N2O9. The summed E-state index contributed by atoms with van der Waals surface area (Å²) in [5.74, 6) is -0.755. The molecule has 11 heteroatoms. The molecule has 0 spiro atoms. The summed E-state index contributed by atoms with van der Waals surface area (Å²) in [7, 11) is 5.49. The van der Waals surface area contributed by atoms with Crippen LogP contribution in [0.25, 0.3) is 0 Å². The quantitative estimate of drug-likeness (QED) is 0.359. The molecule has 0 saturated carbocycles. The molecule has 0 saturated heterocycles. The van der Waals surface area contributed by atoms with Gasteiger partial charge in [-0.15, -0.1) is 0 Å². The van der Waals surface area contributed by atoms with Crippen molar-refractivity contribution in [1.29, 1.82) is 0 Å². The van der Waals surface area contributed by atoms with Gasteiger partial charge in [0.05, 0.1) is 45.1 Å². The summed E-state index contributed by atoms with van der Waals surface area (Å²) in [6.07, 6.45) is -1.20. The molecule has 31 heavy (non-hydrogen) atoms. The zero-order valence-corrected chi connectivity index (χ0v) is 17.6. The predicted molar refractivity (Wildman–Crippen MR) is 109 cm³/mol. The molecule has 0 aliphatic carbocycles. The van der Waals surface area contributed by atoms with Gasteiger partial charge in [0.1, 0.15) is 11.3 Å².